The zero-order chi connectivity index (χ0) is 59.1. The summed E-state index contributed by atoms with van der Waals surface area (Å²) in [6.45, 7) is 4.20. The van der Waals surface area contributed by atoms with E-state index in [1.54, 1.807) is 0 Å². The van der Waals surface area contributed by atoms with Crippen LogP contribution in [0.5, 0.6) is 0 Å². The maximum Gasteiger partial charge on any atom is 0.306 e. The molecule has 0 fully saturated rings. The van der Waals surface area contributed by atoms with Crippen molar-refractivity contribution in [2.45, 2.75) is 431 Å². The first-order valence-electron chi connectivity index (χ1n) is 37.5. The molecule has 82 heavy (non-hydrogen) atoms. The fourth-order valence-electron chi connectivity index (χ4n) is 11.8. The van der Waals surface area contributed by atoms with E-state index in [4.69, 9.17) is 9.47 Å². The van der Waals surface area contributed by atoms with Crippen LogP contribution in [0.4, 0.5) is 0 Å². The van der Waals surface area contributed by atoms with E-state index in [1.165, 1.54) is 360 Å². The molecule has 1 unspecified atom stereocenters. The van der Waals surface area contributed by atoms with Gasteiger partial charge in [-0.15, -0.1) is 0 Å². The predicted molar refractivity (Wildman–Crippen MR) is 362 cm³/mol. The van der Waals surface area contributed by atoms with Crippen LogP contribution in [0.25, 0.3) is 0 Å². The number of allylic oxidation sites excluding steroid dienone is 6. The van der Waals surface area contributed by atoms with Crippen LogP contribution >= 0.6 is 0 Å². The van der Waals surface area contributed by atoms with E-state index in [9.17, 15) is 14.7 Å². The van der Waals surface area contributed by atoms with Crippen molar-refractivity contribution in [2.24, 2.45) is 0 Å². The molecule has 0 spiro atoms. The Labute approximate surface area is 514 Å². The second kappa shape index (κ2) is 73.4. The van der Waals surface area contributed by atoms with E-state index < -0.39 is 6.10 Å². The Balaban J connectivity index is 3.37. The van der Waals surface area contributed by atoms with Crippen LogP contribution in [0.15, 0.2) is 36.5 Å². The molecule has 484 valence electrons. The van der Waals surface area contributed by atoms with Crippen molar-refractivity contribution in [1.82, 2.24) is 0 Å². The first-order valence-corrected chi connectivity index (χ1v) is 37.5. The number of esters is 2. The minimum atomic E-state index is -0.770. The fraction of sp³-hybridized carbons (Fsp3) is 0.896. The van der Waals surface area contributed by atoms with E-state index in [-0.39, 0.29) is 25.2 Å². The lowest BCUT2D eigenvalue weighted by atomic mass is 10.0. The molecule has 5 heteroatoms. The van der Waals surface area contributed by atoms with Gasteiger partial charge < -0.3 is 14.6 Å². The molecule has 1 atom stereocenters. The summed E-state index contributed by atoms with van der Waals surface area (Å²) in [7, 11) is 0. The first kappa shape index (κ1) is 80.1. The molecule has 0 rings (SSSR count). The maximum atomic E-state index is 12.4. The lowest BCUT2D eigenvalue weighted by molar-refractivity contribution is -0.161. The van der Waals surface area contributed by atoms with Crippen LogP contribution in [0, 0.1) is 0 Å². The Morgan fingerprint density at radius 2 is 0.488 bits per heavy atom. The van der Waals surface area contributed by atoms with Crippen molar-refractivity contribution in [3.63, 3.8) is 0 Å². The van der Waals surface area contributed by atoms with Crippen molar-refractivity contribution in [2.75, 3.05) is 13.2 Å². The molecule has 0 aliphatic heterocycles. The summed E-state index contributed by atoms with van der Waals surface area (Å²) < 4.78 is 10.8. The number of unbranched alkanes of at least 4 members (excludes halogenated alkanes) is 57. The monoisotopic (exact) mass is 1150 g/mol. The summed E-state index contributed by atoms with van der Waals surface area (Å²) in [6, 6.07) is 0. The van der Waals surface area contributed by atoms with E-state index in [0.29, 0.717) is 12.8 Å². The van der Waals surface area contributed by atoms with Crippen molar-refractivity contribution < 1.29 is 24.2 Å². The van der Waals surface area contributed by atoms with Crippen LogP contribution < -0.4 is 0 Å². The van der Waals surface area contributed by atoms with Crippen LogP contribution in [-0.4, -0.2) is 36.4 Å². The molecule has 0 amide bonds. The molecule has 0 aliphatic rings. The van der Waals surface area contributed by atoms with Crippen LogP contribution in [-0.2, 0) is 19.1 Å². The number of carbonyl (C=O) groups excluding carboxylic acids is 2. The minimum Gasteiger partial charge on any atom is -0.462 e. The van der Waals surface area contributed by atoms with Crippen LogP contribution in [0.3, 0.4) is 0 Å². The number of ether oxygens (including phenoxy) is 2. The Morgan fingerprint density at radius 3 is 0.732 bits per heavy atom. The molecule has 0 saturated carbocycles. The third-order valence-electron chi connectivity index (χ3n) is 17.4. The van der Waals surface area contributed by atoms with Crippen molar-refractivity contribution in [3.05, 3.63) is 36.5 Å². The molecule has 0 bridgehead atoms. The number of hydrogen-bond donors (Lipinski definition) is 1. The van der Waals surface area contributed by atoms with E-state index in [1.807, 2.05) is 0 Å². The number of carbonyl (C=O) groups is 2. The van der Waals surface area contributed by atoms with Crippen molar-refractivity contribution in [1.29, 1.82) is 0 Å². The van der Waals surface area contributed by atoms with Crippen LogP contribution in [0.1, 0.15) is 425 Å². The molecule has 5 nitrogen and oxygen atoms in total. The summed E-state index contributed by atoms with van der Waals surface area (Å²) in [5, 5.41) is 9.72. The predicted octanol–water partition coefficient (Wildman–Crippen LogP) is 26.1. The number of aliphatic hydroxyl groups excluding tert-OH is 1. The zero-order valence-electron chi connectivity index (χ0n) is 55.8. The van der Waals surface area contributed by atoms with Crippen molar-refractivity contribution in [3.8, 4) is 0 Å². The lowest BCUT2D eigenvalue weighted by Gasteiger charge is -2.15. The molecule has 0 aromatic heterocycles. The standard InChI is InChI=1S/C77H146O5/c1-3-5-7-9-11-13-15-17-19-21-23-25-27-29-31-33-35-37-38-40-41-43-45-47-49-51-53-55-57-59-61-63-65-67-69-71-76(79)81-74-75(73-78)82-77(80)72-70-68-66-64-62-60-58-56-54-52-50-48-46-44-42-39-36-34-32-30-28-26-24-22-20-18-16-14-12-10-8-6-4-2/h16,18,21-24,75,78H,3-15,17,19-20,25-74H2,1-2H3/b18-16-,23-21-,24-22-. The van der Waals surface area contributed by atoms with Gasteiger partial charge in [0.2, 0.25) is 0 Å². The SMILES string of the molecule is CCCCCCC/C=C\C/C=C\CCCCCCCCCCCCCCCCCCCCCCCC(=O)OC(CO)COC(=O)CCCCCCCCCCCCCCCCCCCCCCCCC/C=C\CCCCCCCCCC. The smallest absolute Gasteiger partial charge is 0.306 e. The van der Waals surface area contributed by atoms with E-state index >= 15 is 0 Å². The third-order valence-corrected chi connectivity index (χ3v) is 17.4. The second-order valence-corrected chi connectivity index (χ2v) is 25.7. The molecule has 1 N–H and O–H groups in total. The van der Waals surface area contributed by atoms with Gasteiger partial charge in [0, 0.05) is 12.8 Å². The highest BCUT2D eigenvalue weighted by Crippen LogP contribution is 2.19. The molecule has 0 heterocycles. The molecular weight excluding hydrogens is 1000 g/mol. The Kier molecular flexibility index (Phi) is 71.7. The molecular formula is C77H146O5. The van der Waals surface area contributed by atoms with E-state index in [2.05, 4.69) is 50.3 Å². The van der Waals surface area contributed by atoms with Gasteiger partial charge in [0.1, 0.15) is 6.61 Å². The highest BCUT2D eigenvalue weighted by Gasteiger charge is 2.16. The fourth-order valence-corrected chi connectivity index (χ4v) is 11.8. The summed E-state index contributed by atoms with van der Waals surface area (Å²) in [6.07, 6.45) is 97.8. The summed E-state index contributed by atoms with van der Waals surface area (Å²) >= 11 is 0. The van der Waals surface area contributed by atoms with E-state index in [0.717, 1.165) is 38.5 Å². The van der Waals surface area contributed by atoms with Gasteiger partial charge in [-0.2, -0.15) is 0 Å². The first-order chi connectivity index (χ1) is 40.6. The normalized spacial score (nSPS) is 12.3. The Morgan fingerprint density at radius 1 is 0.280 bits per heavy atom. The van der Waals surface area contributed by atoms with Gasteiger partial charge in [-0.25, -0.2) is 0 Å². The van der Waals surface area contributed by atoms with Gasteiger partial charge >= 0.3 is 11.9 Å². The molecule has 0 saturated heterocycles. The zero-order valence-corrected chi connectivity index (χ0v) is 55.8. The minimum absolute atomic E-state index is 0.0585. The number of hydrogen-bond acceptors (Lipinski definition) is 5. The van der Waals surface area contributed by atoms with Gasteiger partial charge in [0.15, 0.2) is 6.10 Å². The average molecular weight is 1150 g/mol. The largest absolute Gasteiger partial charge is 0.462 e. The highest BCUT2D eigenvalue weighted by atomic mass is 16.6. The van der Waals surface area contributed by atoms with Gasteiger partial charge in [-0.05, 0) is 70.6 Å². The lowest BCUT2D eigenvalue weighted by Crippen LogP contribution is -2.28. The summed E-state index contributed by atoms with van der Waals surface area (Å²) in [5.41, 5.74) is 0. The van der Waals surface area contributed by atoms with Crippen molar-refractivity contribution >= 4 is 11.9 Å². The quantitative estimate of drug-likeness (QED) is 0.0373. The number of rotatable bonds is 71. The van der Waals surface area contributed by atoms with Gasteiger partial charge in [-0.3, -0.25) is 9.59 Å². The second-order valence-electron chi connectivity index (χ2n) is 25.7. The molecule has 0 aliphatic carbocycles. The maximum absolute atomic E-state index is 12.4. The topological polar surface area (TPSA) is 72.8 Å². The Hall–Kier alpha value is -1.88. The highest BCUT2D eigenvalue weighted by molar-refractivity contribution is 5.70. The van der Waals surface area contributed by atoms with Crippen LogP contribution in [0.2, 0.25) is 0 Å². The third kappa shape index (κ3) is 70.6. The Bertz CT molecular complexity index is 1300. The summed E-state index contributed by atoms with van der Waals surface area (Å²) in [4.78, 5) is 24.7. The average Bonchev–Trinajstić information content (AvgIpc) is 3.49. The van der Waals surface area contributed by atoms with Gasteiger partial charge in [-0.1, -0.05) is 378 Å². The van der Waals surface area contributed by atoms with Gasteiger partial charge in [0.25, 0.3) is 0 Å². The molecule has 0 aromatic rings. The summed E-state index contributed by atoms with van der Waals surface area (Å²) in [5.74, 6) is -0.563. The number of aliphatic hydroxyl groups is 1. The molecule has 0 aromatic carbocycles. The molecule has 0 radical (unpaired) electrons. The van der Waals surface area contributed by atoms with Gasteiger partial charge in [0.05, 0.1) is 6.61 Å².